The molecule has 0 aliphatic heterocycles. The van der Waals surface area contributed by atoms with Gasteiger partial charge in [-0.05, 0) is 76.8 Å². The largest absolute Gasteiger partial charge is 0.295 e. The molecule has 0 saturated heterocycles. The molecule has 0 radical (unpaired) electrons. The summed E-state index contributed by atoms with van der Waals surface area (Å²) in [6.45, 7) is 18.4. The molecule has 0 aliphatic rings. The summed E-state index contributed by atoms with van der Waals surface area (Å²) in [6.07, 6.45) is 0. The predicted molar refractivity (Wildman–Crippen MR) is 167 cm³/mol. The molecule has 0 fully saturated rings. The number of imidazole rings is 1. The monoisotopic (exact) mass is 515 g/mol. The Balaban J connectivity index is 1.90. The molecule has 4 aromatic carbocycles. The zero-order valence-electron chi connectivity index (χ0n) is 25.1. The Bertz CT molecular complexity index is 1610. The van der Waals surface area contributed by atoms with Gasteiger partial charge in [0.15, 0.2) is 11.0 Å². The molecular formula is C37H43N2+. The van der Waals surface area contributed by atoms with Gasteiger partial charge < -0.3 is 0 Å². The second-order valence-corrected chi connectivity index (χ2v) is 12.7. The second kappa shape index (κ2) is 10.2. The van der Waals surface area contributed by atoms with Crippen molar-refractivity contribution < 1.29 is 4.57 Å². The molecule has 39 heavy (non-hydrogen) atoms. The van der Waals surface area contributed by atoms with Gasteiger partial charge in [-0.3, -0.25) is 0 Å². The number of nitrogens with zero attached hydrogens (tertiary/aromatic N) is 2. The summed E-state index contributed by atoms with van der Waals surface area (Å²) in [7, 11) is 2.22. The fourth-order valence-electron chi connectivity index (χ4n) is 5.84. The van der Waals surface area contributed by atoms with Gasteiger partial charge in [0, 0.05) is 11.1 Å². The van der Waals surface area contributed by atoms with Crippen molar-refractivity contribution >= 4 is 11.0 Å². The first-order chi connectivity index (χ1) is 18.5. The van der Waals surface area contributed by atoms with Gasteiger partial charge in [-0.15, -0.1) is 0 Å². The molecule has 0 bridgehead atoms. The molecule has 0 saturated carbocycles. The molecule has 0 unspecified atom stereocenters. The Morgan fingerprint density at radius 1 is 0.692 bits per heavy atom. The average molecular weight is 516 g/mol. The van der Waals surface area contributed by atoms with Crippen molar-refractivity contribution in [2.45, 2.75) is 72.6 Å². The Hall–Kier alpha value is -3.65. The summed E-state index contributed by atoms with van der Waals surface area (Å²) in [5.74, 6) is 1.96. The van der Waals surface area contributed by atoms with Crippen molar-refractivity contribution in [2.24, 2.45) is 7.05 Å². The van der Waals surface area contributed by atoms with Crippen LogP contribution in [-0.2, 0) is 12.5 Å². The third-order valence-corrected chi connectivity index (χ3v) is 8.09. The van der Waals surface area contributed by atoms with Gasteiger partial charge in [0.05, 0.1) is 12.6 Å². The molecule has 200 valence electrons. The van der Waals surface area contributed by atoms with E-state index in [1.54, 1.807) is 0 Å². The number of benzene rings is 4. The third kappa shape index (κ3) is 4.82. The van der Waals surface area contributed by atoms with Crippen LogP contribution < -0.4 is 4.57 Å². The lowest BCUT2D eigenvalue weighted by molar-refractivity contribution is -0.633. The highest BCUT2D eigenvalue weighted by atomic mass is 15.2. The molecule has 2 heteroatoms. The van der Waals surface area contributed by atoms with E-state index in [1.165, 1.54) is 61.5 Å². The first kappa shape index (κ1) is 26.9. The maximum atomic E-state index is 2.55. The van der Waals surface area contributed by atoms with Crippen LogP contribution in [0.3, 0.4) is 0 Å². The van der Waals surface area contributed by atoms with E-state index in [0.717, 1.165) is 0 Å². The zero-order chi connectivity index (χ0) is 28.1. The SMILES string of the molecule is Cc1cc(C(C)(C)C)ccc1-c1n(-c2c(C(C)C)cc(-c3ccccc3)cc2C(C)C)c2ccccc2[n+]1C. The van der Waals surface area contributed by atoms with E-state index in [9.17, 15) is 0 Å². The van der Waals surface area contributed by atoms with Gasteiger partial charge in [-0.25, -0.2) is 4.57 Å². The van der Waals surface area contributed by atoms with Gasteiger partial charge in [0.2, 0.25) is 0 Å². The van der Waals surface area contributed by atoms with E-state index in [0.29, 0.717) is 11.8 Å². The summed E-state index contributed by atoms with van der Waals surface area (Å²) in [5.41, 5.74) is 13.2. The van der Waals surface area contributed by atoms with Crippen molar-refractivity contribution in [1.29, 1.82) is 0 Å². The maximum Gasteiger partial charge on any atom is 0.295 e. The van der Waals surface area contributed by atoms with Crippen molar-refractivity contribution in [1.82, 2.24) is 4.57 Å². The predicted octanol–water partition coefficient (Wildman–Crippen LogP) is 9.64. The molecule has 2 nitrogen and oxygen atoms in total. The quantitative estimate of drug-likeness (QED) is 0.206. The number of hydrogen-bond donors (Lipinski definition) is 0. The highest BCUT2D eigenvalue weighted by Crippen LogP contribution is 2.40. The van der Waals surface area contributed by atoms with Crippen LogP contribution in [0.25, 0.3) is 39.2 Å². The Morgan fingerprint density at radius 2 is 1.28 bits per heavy atom. The molecule has 5 rings (SSSR count). The van der Waals surface area contributed by atoms with Crippen molar-refractivity contribution in [2.75, 3.05) is 0 Å². The van der Waals surface area contributed by atoms with Gasteiger partial charge in [0.1, 0.15) is 5.69 Å². The lowest BCUT2D eigenvalue weighted by Gasteiger charge is -2.22. The van der Waals surface area contributed by atoms with Crippen LogP contribution in [-0.4, -0.2) is 4.57 Å². The topological polar surface area (TPSA) is 8.81 Å². The maximum absolute atomic E-state index is 2.55. The number of aromatic nitrogens is 2. The molecule has 0 aliphatic carbocycles. The summed E-state index contributed by atoms with van der Waals surface area (Å²) in [5, 5.41) is 0. The average Bonchev–Trinajstić information content (AvgIpc) is 3.19. The van der Waals surface area contributed by atoms with Crippen LogP contribution in [0, 0.1) is 6.92 Å². The van der Waals surface area contributed by atoms with Crippen molar-refractivity contribution in [3.05, 3.63) is 107 Å². The first-order valence-corrected chi connectivity index (χ1v) is 14.3. The lowest BCUT2D eigenvalue weighted by atomic mass is 9.85. The normalized spacial score (nSPS) is 12.2. The number of rotatable bonds is 5. The minimum Gasteiger partial charge on any atom is -0.225 e. The van der Waals surface area contributed by atoms with Crippen LogP contribution in [0.2, 0.25) is 0 Å². The number of hydrogen-bond acceptors (Lipinski definition) is 0. The van der Waals surface area contributed by atoms with Gasteiger partial charge >= 0.3 is 0 Å². The molecule has 5 aromatic rings. The van der Waals surface area contributed by atoms with E-state index in [-0.39, 0.29) is 5.41 Å². The first-order valence-electron chi connectivity index (χ1n) is 14.3. The highest BCUT2D eigenvalue weighted by molar-refractivity contribution is 5.82. The molecule has 0 amide bonds. The third-order valence-electron chi connectivity index (χ3n) is 8.09. The number of aryl methyl sites for hydroxylation is 2. The van der Waals surface area contributed by atoms with Gasteiger partial charge in [-0.1, -0.05) is 103 Å². The fourth-order valence-corrected chi connectivity index (χ4v) is 5.84. The van der Waals surface area contributed by atoms with E-state index in [2.05, 4.69) is 157 Å². The summed E-state index contributed by atoms with van der Waals surface area (Å²) in [6, 6.07) is 31.5. The van der Waals surface area contributed by atoms with Crippen LogP contribution in [0.5, 0.6) is 0 Å². The van der Waals surface area contributed by atoms with Gasteiger partial charge in [0.25, 0.3) is 5.82 Å². The Labute approximate surface area is 235 Å². The van der Waals surface area contributed by atoms with E-state index in [1.807, 2.05) is 0 Å². The molecule has 0 atom stereocenters. The minimum atomic E-state index is 0.112. The van der Waals surface area contributed by atoms with Crippen molar-refractivity contribution in [3.8, 4) is 28.2 Å². The van der Waals surface area contributed by atoms with Crippen LogP contribution in [0.1, 0.15) is 82.6 Å². The van der Waals surface area contributed by atoms with Crippen LogP contribution in [0.4, 0.5) is 0 Å². The molecule has 1 heterocycles. The van der Waals surface area contributed by atoms with Crippen molar-refractivity contribution in [3.63, 3.8) is 0 Å². The standard InChI is InChI=1S/C37H43N2/c1-24(2)31-22-28(27-15-11-10-12-16-27)23-32(25(3)4)35(31)39-34-18-14-13-17-33(34)38(9)36(39)30-20-19-29(21-26(30)5)37(6,7)8/h10-25H,1-9H3/q+1. The zero-order valence-corrected chi connectivity index (χ0v) is 25.1. The summed E-state index contributed by atoms with van der Waals surface area (Å²) < 4.78 is 4.93. The fraction of sp³-hybridized carbons (Fsp3) is 0.324. The number of fused-ring (bicyclic) bond motifs is 1. The van der Waals surface area contributed by atoms with E-state index < -0.39 is 0 Å². The highest BCUT2D eigenvalue weighted by Gasteiger charge is 2.32. The van der Waals surface area contributed by atoms with E-state index >= 15 is 0 Å². The Kier molecular flexibility index (Phi) is 7.01. The Morgan fingerprint density at radius 3 is 1.85 bits per heavy atom. The molecule has 1 aromatic heterocycles. The number of para-hydroxylation sites is 2. The van der Waals surface area contributed by atoms with E-state index in [4.69, 9.17) is 0 Å². The minimum absolute atomic E-state index is 0.112. The summed E-state index contributed by atoms with van der Waals surface area (Å²) >= 11 is 0. The van der Waals surface area contributed by atoms with Crippen LogP contribution >= 0.6 is 0 Å². The molecule has 0 spiro atoms. The lowest BCUT2D eigenvalue weighted by Crippen LogP contribution is -2.30. The second-order valence-electron chi connectivity index (χ2n) is 12.7. The molecule has 0 N–H and O–H groups in total. The summed E-state index contributed by atoms with van der Waals surface area (Å²) in [4.78, 5) is 0. The smallest absolute Gasteiger partial charge is 0.225 e. The van der Waals surface area contributed by atoms with Crippen LogP contribution in [0.15, 0.2) is 84.9 Å². The van der Waals surface area contributed by atoms with Gasteiger partial charge in [-0.2, -0.15) is 4.57 Å². The molecular weight excluding hydrogens is 472 g/mol.